The fraction of sp³-hybridized carbons (Fsp3) is 0.737. The van der Waals surface area contributed by atoms with E-state index in [9.17, 15) is 4.79 Å². The van der Waals surface area contributed by atoms with Crippen LogP contribution in [0.4, 0.5) is 0 Å². The van der Waals surface area contributed by atoms with Crippen LogP contribution in [-0.2, 0) is 16.1 Å². The van der Waals surface area contributed by atoms with Crippen molar-refractivity contribution in [3.63, 3.8) is 0 Å². The maximum atomic E-state index is 12.2. The molecule has 0 radical (unpaired) electrons. The number of furan rings is 1. The molecule has 1 saturated carbocycles. The number of carbonyl (C=O) groups is 1. The average molecular weight is 332 g/mol. The summed E-state index contributed by atoms with van der Waals surface area (Å²) >= 11 is 0. The van der Waals surface area contributed by atoms with Crippen molar-refractivity contribution in [1.82, 2.24) is 9.80 Å². The zero-order chi connectivity index (χ0) is 16.4. The Morgan fingerprint density at radius 1 is 1.33 bits per heavy atom. The number of carbonyl (C=O) groups excluding carboxylic acids is 1. The van der Waals surface area contributed by atoms with Crippen LogP contribution in [0, 0.1) is 11.3 Å². The minimum atomic E-state index is 0.173. The van der Waals surface area contributed by atoms with Gasteiger partial charge in [-0.15, -0.1) is 0 Å². The lowest BCUT2D eigenvalue weighted by Gasteiger charge is -2.29. The fourth-order valence-electron chi connectivity index (χ4n) is 4.92. The number of rotatable bonds is 6. The van der Waals surface area contributed by atoms with E-state index in [-0.39, 0.29) is 17.9 Å². The third kappa shape index (κ3) is 3.24. The molecule has 0 unspecified atom stereocenters. The molecule has 132 valence electrons. The highest BCUT2D eigenvalue weighted by molar-refractivity contribution is 5.77. The highest BCUT2D eigenvalue weighted by Crippen LogP contribution is 2.49. The first-order valence-electron chi connectivity index (χ1n) is 9.34. The molecule has 0 aromatic carbocycles. The molecule has 0 spiro atoms. The van der Waals surface area contributed by atoms with Gasteiger partial charge in [-0.05, 0) is 37.7 Å². The summed E-state index contributed by atoms with van der Waals surface area (Å²) in [5, 5.41) is 0. The molecular weight excluding hydrogens is 304 g/mol. The van der Waals surface area contributed by atoms with Crippen LogP contribution in [0.25, 0.3) is 0 Å². The zero-order valence-corrected chi connectivity index (χ0v) is 14.4. The van der Waals surface area contributed by atoms with Crippen molar-refractivity contribution >= 4 is 5.91 Å². The number of nitrogens with zero attached hydrogens (tertiary/aromatic N) is 2. The first-order valence-corrected chi connectivity index (χ1v) is 9.34. The van der Waals surface area contributed by atoms with Gasteiger partial charge >= 0.3 is 0 Å². The Morgan fingerprint density at radius 2 is 2.21 bits per heavy atom. The van der Waals surface area contributed by atoms with Crippen molar-refractivity contribution in [2.75, 3.05) is 39.4 Å². The lowest BCUT2D eigenvalue weighted by molar-refractivity contribution is -0.136. The molecule has 1 aromatic heterocycles. The summed E-state index contributed by atoms with van der Waals surface area (Å²) in [6.07, 6.45) is 9.69. The van der Waals surface area contributed by atoms with Crippen molar-refractivity contribution in [3.8, 4) is 0 Å². The monoisotopic (exact) mass is 332 g/mol. The van der Waals surface area contributed by atoms with Crippen LogP contribution in [0.15, 0.2) is 23.0 Å². The third-order valence-electron chi connectivity index (χ3n) is 6.17. The molecular formula is C19H28N2O3. The molecule has 0 bridgehead atoms. The van der Waals surface area contributed by atoms with Crippen molar-refractivity contribution < 1.29 is 13.9 Å². The summed E-state index contributed by atoms with van der Waals surface area (Å²) in [4.78, 5) is 16.6. The quantitative estimate of drug-likeness (QED) is 0.803. The van der Waals surface area contributed by atoms with Crippen molar-refractivity contribution in [2.45, 2.75) is 38.6 Å². The van der Waals surface area contributed by atoms with Crippen molar-refractivity contribution in [1.29, 1.82) is 0 Å². The van der Waals surface area contributed by atoms with Gasteiger partial charge in [0.2, 0.25) is 5.91 Å². The van der Waals surface area contributed by atoms with E-state index in [2.05, 4.69) is 4.90 Å². The minimum Gasteiger partial charge on any atom is -0.472 e. The molecule has 5 nitrogen and oxygen atoms in total. The van der Waals surface area contributed by atoms with E-state index in [1.165, 1.54) is 24.8 Å². The van der Waals surface area contributed by atoms with E-state index in [1.54, 1.807) is 6.26 Å². The smallest absolute Gasteiger partial charge is 0.248 e. The molecule has 2 saturated heterocycles. The Balaban J connectivity index is 1.30. The Hall–Kier alpha value is -1.33. The van der Waals surface area contributed by atoms with E-state index in [1.807, 2.05) is 17.2 Å². The maximum Gasteiger partial charge on any atom is 0.248 e. The molecule has 2 atom stereocenters. The second-order valence-corrected chi connectivity index (χ2v) is 7.83. The second-order valence-electron chi connectivity index (χ2n) is 7.83. The first-order chi connectivity index (χ1) is 11.8. The van der Waals surface area contributed by atoms with E-state index in [0.717, 1.165) is 52.2 Å². The molecule has 1 amide bonds. The molecule has 1 aromatic rings. The van der Waals surface area contributed by atoms with Crippen LogP contribution in [0.2, 0.25) is 0 Å². The van der Waals surface area contributed by atoms with Crippen molar-refractivity contribution in [3.05, 3.63) is 24.2 Å². The van der Waals surface area contributed by atoms with Gasteiger partial charge in [0, 0.05) is 43.7 Å². The molecule has 1 aliphatic carbocycles. The zero-order valence-electron chi connectivity index (χ0n) is 14.4. The molecule has 3 fully saturated rings. The molecule has 4 rings (SSSR count). The topological polar surface area (TPSA) is 45.9 Å². The summed E-state index contributed by atoms with van der Waals surface area (Å²) in [5.74, 6) is 0.887. The summed E-state index contributed by atoms with van der Waals surface area (Å²) in [6, 6.07) is 2.05. The first kappa shape index (κ1) is 16.2. The third-order valence-corrected chi connectivity index (χ3v) is 6.17. The largest absolute Gasteiger partial charge is 0.472 e. The summed E-state index contributed by atoms with van der Waals surface area (Å²) in [6.45, 7) is 6.01. The second kappa shape index (κ2) is 6.89. The van der Waals surface area contributed by atoms with Gasteiger partial charge in [0.15, 0.2) is 0 Å². The van der Waals surface area contributed by atoms with Crippen LogP contribution in [0.5, 0.6) is 0 Å². The maximum absolute atomic E-state index is 12.2. The van der Waals surface area contributed by atoms with Gasteiger partial charge in [0.05, 0.1) is 19.1 Å². The van der Waals surface area contributed by atoms with Crippen LogP contribution in [0.3, 0.4) is 0 Å². The van der Waals surface area contributed by atoms with E-state index in [4.69, 9.17) is 9.15 Å². The summed E-state index contributed by atoms with van der Waals surface area (Å²) in [5.41, 5.74) is 1.50. The van der Waals surface area contributed by atoms with E-state index >= 15 is 0 Å². The van der Waals surface area contributed by atoms with Crippen LogP contribution < -0.4 is 0 Å². The molecule has 24 heavy (non-hydrogen) atoms. The van der Waals surface area contributed by atoms with Crippen LogP contribution in [0.1, 0.15) is 37.7 Å². The normalized spacial score (nSPS) is 30.2. The van der Waals surface area contributed by atoms with Gasteiger partial charge in [0.25, 0.3) is 0 Å². The lowest BCUT2D eigenvalue weighted by Crippen LogP contribution is -2.36. The molecule has 0 N–H and O–H groups in total. The predicted molar refractivity (Wildman–Crippen MR) is 90.4 cm³/mol. The number of fused-ring (bicyclic) bond motifs is 1. The molecule has 3 heterocycles. The molecule has 3 aliphatic rings. The van der Waals surface area contributed by atoms with Crippen LogP contribution in [-0.4, -0.2) is 55.1 Å². The van der Waals surface area contributed by atoms with Gasteiger partial charge in [-0.1, -0.05) is 6.42 Å². The van der Waals surface area contributed by atoms with Gasteiger partial charge in [0.1, 0.15) is 6.61 Å². The van der Waals surface area contributed by atoms with Crippen LogP contribution >= 0.6 is 0 Å². The highest BCUT2D eigenvalue weighted by atomic mass is 16.5. The Kier molecular flexibility index (Phi) is 4.63. The van der Waals surface area contributed by atoms with Crippen molar-refractivity contribution in [2.24, 2.45) is 11.3 Å². The fourth-order valence-corrected chi connectivity index (χ4v) is 4.92. The minimum absolute atomic E-state index is 0.173. The number of amides is 1. The molecule has 5 heteroatoms. The Labute approximate surface area is 143 Å². The van der Waals surface area contributed by atoms with Gasteiger partial charge in [-0.2, -0.15) is 0 Å². The molecule has 2 aliphatic heterocycles. The van der Waals surface area contributed by atoms with Gasteiger partial charge in [-0.25, -0.2) is 0 Å². The Bertz CT molecular complexity index is 553. The van der Waals surface area contributed by atoms with Gasteiger partial charge < -0.3 is 14.1 Å². The summed E-state index contributed by atoms with van der Waals surface area (Å²) in [7, 11) is 0. The predicted octanol–water partition coefficient (Wildman–Crippen LogP) is 2.52. The number of likely N-dealkylation sites (tertiary alicyclic amines) is 2. The number of hydrogen-bond acceptors (Lipinski definition) is 4. The average Bonchev–Trinajstić information content (AvgIpc) is 3.32. The lowest BCUT2D eigenvalue weighted by atomic mass is 9.81. The number of hydrogen-bond donors (Lipinski definition) is 0. The van der Waals surface area contributed by atoms with Gasteiger partial charge in [-0.3, -0.25) is 9.69 Å². The van der Waals surface area contributed by atoms with E-state index in [0.29, 0.717) is 5.92 Å². The highest BCUT2D eigenvalue weighted by Gasteiger charge is 2.49. The van der Waals surface area contributed by atoms with E-state index < -0.39 is 0 Å². The Morgan fingerprint density at radius 3 is 3.00 bits per heavy atom. The summed E-state index contributed by atoms with van der Waals surface area (Å²) < 4.78 is 11.1. The SMILES string of the molecule is O=C(COC[C@]12CCC[C@H]1CN(Cc1ccoc1)C2)N1CCCC1. The standard InChI is InChI=1S/C19H28N2O3/c22-18(21-7-1-2-8-21)13-24-15-19-6-3-4-17(19)11-20(14-19)10-16-5-9-23-12-16/h5,9,12,17H,1-4,6-8,10-11,13-15H2/t17-,19+/m0/s1. The number of ether oxygens (including phenoxy) is 1.